The number of hydrogen-bond donors (Lipinski definition) is 1. The lowest BCUT2D eigenvalue weighted by atomic mass is 9.86. The summed E-state index contributed by atoms with van der Waals surface area (Å²) < 4.78 is 16.3. The van der Waals surface area contributed by atoms with Gasteiger partial charge >= 0.3 is 0 Å². The second kappa shape index (κ2) is 8.23. The highest BCUT2D eigenvalue weighted by atomic mass is 32.2. The summed E-state index contributed by atoms with van der Waals surface area (Å²) in [4.78, 5) is 12.7. The minimum absolute atomic E-state index is 0.0431. The zero-order valence-electron chi connectivity index (χ0n) is 16.4. The average molecular weight is 403 g/mol. The lowest BCUT2D eigenvalue weighted by molar-refractivity contribution is -0.121. The zero-order chi connectivity index (χ0) is 19.7. The molecule has 0 bridgehead atoms. The molecular weight excluding hydrogens is 375 g/mol. The van der Waals surface area contributed by atoms with Crippen molar-refractivity contribution in [2.24, 2.45) is 5.92 Å². The summed E-state index contributed by atoms with van der Waals surface area (Å²) in [7, 11) is 0. The highest BCUT2D eigenvalue weighted by molar-refractivity contribution is 8.00. The van der Waals surface area contributed by atoms with Crippen LogP contribution in [0.3, 0.4) is 0 Å². The molecule has 1 amide bonds. The van der Waals surface area contributed by atoms with Crippen molar-refractivity contribution in [3.8, 4) is 11.4 Å². The molecule has 2 saturated carbocycles. The van der Waals surface area contributed by atoms with Gasteiger partial charge in [-0.15, -0.1) is 10.2 Å². The Morgan fingerprint density at radius 3 is 2.68 bits per heavy atom. The van der Waals surface area contributed by atoms with Crippen molar-refractivity contribution in [1.82, 2.24) is 20.1 Å². The van der Waals surface area contributed by atoms with Crippen LogP contribution in [0.25, 0.3) is 11.4 Å². The van der Waals surface area contributed by atoms with Crippen molar-refractivity contribution < 1.29 is 9.18 Å². The van der Waals surface area contributed by atoms with E-state index in [4.69, 9.17) is 0 Å². The van der Waals surface area contributed by atoms with Crippen molar-refractivity contribution in [1.29, 1.82) is 0 Å². The first-order valence-electron chi connectivity index (χ1n) is 10.2. The first kappa shape index (κ1) is 19.4. The Labute approximate surface area is 169 Å². The van der Waals surface area contributed by atoms with Crippen LogP contribution < -0.4 is 5.32 Å². The number of amides is 1. The number of halogens is 1. The summed E-state index contributed by atoms with van der Waals surface area (Å²) in [5, 5.41) is 12.2. The van der Waals surface area contributed by atoms with Crippen LogP contribution in [0.1, 0.15) is 58.4 Å². The van der Waals surface area contributed by atoms with Gasteiger partial charge in [0.05, 0.1) is 10.8 Å². The number of benzene rings is 1. The Hall–Kier alpha value is -1.89. The summed E-state index contributed by atoms with van der Waals surface area (Å²) in [5.41, 5.74) is 0.460. The third-order valence-corrected chi connectivity index (χ3v) is 6.84. The van der Waals surface area contributed by atoms with Gasteiger partial charge in [0, 0.05) is 12.1 Å². The summed E-state index contributed by atoms with van der Waals surface area (Å²) in [6, 6.07) is 7.20. The summed E-state index contributed by atoms with van der Waals surface area (Å²) >= 11 is 1.41. The molecule has 0 saturated heterocycles. The zero-order valence-corrected chi connectivity index (χ0v) is 17.2. The molecule has 2 aliphatic carbocycles. The largest absolute Gasteiger partial charge is 0.352 e. The maximum Gasteiger partial charge on any atom is 0.233 e. The van der Waals surface area contributed by atoms with E-state index in [1.54, 1.807) is 18.2 Å². The Kier molecular flexibility index (Phi) is 5.71. The SMILES string of the molecule is C[C@@H]1CCCC[C@@H]1NC(=O)[C@@H](C)Sc1nnc(-c2ccccc2F)n1C1CC1. The van der Waals surface area contributed by atoms with Crippen LogP contribution in [-0.2, 0) is 4.79 Å². The minimum Gasteiger partial charge on any atom is -0.352 e. The average Bonchev–Trinajstić information content (AvgIpc) is 3.44. The molecule has 7 heteroatoms. The predicted molar refractivity (Wildman–Crippen MR) is 109 cm³/mol. The molecule has 150 valence electrons. The topological polar surface area (TPSA) is 59.8 Å². The third-order valence-electron chi connectivity index (χ3n) is 5.78. The quantitative estimate of drug-likeness (QED) is 0.718. The molecule has 0 radical (unpaired) electrons. The van der Waals surface area contributed by atoms with Gasteiger partial charge in [-0.25, -0.2) is 4.39 Å². The van der Waals surface area contributed by atoms with Crippen LogP contribution >= 0.6 is 11.8 Å². The first-order valence-corrected chi connectivity index (χ1v) is 11.1. The van der Waals surface area contributed by atoms with Gasteiger partial charge in [-0.3, -0.25) is 9.36 Å². The fourth-order valence-corrected chi connectivity index (χ4v) is 4.82. The molecule has 1 aromatic heterocycles. The summed E-state index contributed by atoms with van der Waals surface area (Å²) in [5.74, 6) is 0.821. The minimum atomic E-state index is -0.301. The van der Waals surface area contributed by atoms with Crippen LogP contribution in [-0.4, -0.2) is 32.0 Å². The standard InChI is InChI=1S/C21H27FN4OS/c1-13-7-3-6-10-18(13)23-20(27)14(2)28-21-25-24-19(26(21)15-11-12-15)16-8-4-5-9-17(16)22/h4-5,8-9,13-15,18H,3,6-7,10-12H2,1-2H3,(H,23,27)/t13-,14-,18+/m1/s1. The number of carbonyl (C=O) groups is 1. The van der Waals surface area contributed by atoms with E-state index in [9.17, 15) is 9.18 Å². The van der Waals surface area contributed by atoms with E-state index in [1.165, 1.54) is 37.1 Å². The highest BCUT2D eigenvalue weighted by Gasteiger charge is 2.33. The molecule has 3 atom stereocenters. The third kappa shape index (κ3) is 4.09. The van der Waals surface area contributed by atoms with Crippen molar-refractivity contribution >= 4 is 17.7 Å². The van der Waals surface area contributed by atoms with E-state index in [0.29, 0.717) is 28.5 Å². The van der Waals surface area contributed by atoms with Crippen molar-refractivity contribution in [3.05, 3.63) is 30.1 Å². The number of aromatic nitrogens is 3. The molecule has 28 heavy (non-hydrogen) atoms. The van der Waals surface area contributed by atoms with Crippen molar-refractivity contribution in [2.45, 2.75) is 74.9 Å². The van der Waals surface area contributed by atoms with Gasteiger partial charge in [0.2, 0.25) is 5.91 Å². The van der Waals surface area contributed by atoms with E-state index in [0.717, 1.165) is 19.3 Å². The fourth-order valence-electron chi connectivity index (χ4n) is 3.89. The molecular formula is C21H27FN4OS. The molecule has 0 aliphatic heterocycles. The molecule has 2 aromatic rings. The van der Waals surface area contributed by atoms with Gasteiger partial charge in [-0.2, -0.15) is 0 Å². The van der Waals surface area contributed by atoms with Crippen molar-refractivity contribution in [3.63, 3.8) is 0 Å². The lowest BCUT2D eigenvalue weighted by Gasteiger charge is -2.30. The second-order valence-electron chi connectivity index (χ2n) is 8.02. The molecule has 2 fully saturated rings. The van der Waals surface area contributed by atoms with E-state index in [2.05, 4.69) is 22.4 Å². The van der Waals surface area contributed by atoms with Gasteiger partial charge < -0.3 is 5.32 Å². The molecule has 0 spiro atoms. The number of carbonyl (C=O) groups excluding carboxylic acids is 1. The van der Waals surface area contributed by atoms with Gasteiger partial charge in [0.25, 0.3) is 0 Å². The highest BCUT2D eigenvalue weighted by Crippen LogP contribution is 2.42. The van der Waals surface area contributed by atoms with Gasteiger partial charge in [-0.1, -0.05) is 43.7 Å². The molecule has 4 rings (SSSR count). The Morgan fingerprint density at radius 2 is 1.96 bits per heavy atom. The number of rotatable bonds is 6. The monoisotopic (exact) mass is 402 g/mol. The Morgan fingerprint density at radius 1 is 1.21 bits per heavy atom. The van der Waals surface area contributed by atoms with Crippen LogP contribution in [0.4, 0.5) is 4.39 Å². The smallest absolute Gasteiger partial charge is 0.233 e. The normalized spacial score (nSPS) is 23.4. The van der Waals surface area contributed by atoms with Gasteiger partial charge in [0.15, 0.2) is 11.0 Å². The number of nitrogens with one attached hydrogen (secondary N) is 1. The Bertz CT molecular complexity index is 851. The van der Waals surface area contributed by atoms with E-state index < -0.39 is 0 Å². The molecule has 1 heterocycles. The molecule has 1 N–H and O–H groups in total. The van der Waals surface area contributed by atoms with E-state index in [1.807, 2.05) is 11.5 Å². The second-order valence-corrected chi connectivity index (χ2v) is 9.33. The van der Waals surface area contributed by atoms with Gasteiger partial charge in [-0.05, 0) is 50.7 Å². The van der Waals surface area contributed by atoms with Crippen LogP contribution in [0, 0.1) is 11.7 Å². The fraction of sp³-hybridized carbons (Fsp3) is 0.571. The molecule has 0 unspecified atom stereocenters. The molecule has 5 nitrogen and oxygen atoms in total. The lowest BCUT2D eigenvalue weighted by Crippen LogP contribution is -2.44. The van der Waals surface area contributed by atoms with Crippen LogP contribution in [0.2, 0.25) is 0 Å². The predicted octanol–water partition coefficient (Wildman–Crippen LogP) is 4.59. The van der Waals surface area contributed by atoms with Crippen molar-refractivity contribution in [2.75, 3.05) is 0 Å². The number of nitrogens with zero attached hydrogens (tertiary/aromatic N) is 3. The van der Waals surface area contributed by atoms with E-state index >= 15 is 0 Å². The summed E-state index contributed by atoms with van der Waals surface area (Å²) in [6.45, 7) is 4.12. The summed E-state index contributed by atoms with van der Waals surface area (Å²) in [6.07, 6.45) is 6.73. The maximum atomic E-state index is 14.3. The molecule has 1 aromatic carbocycles. The Balaban J connectivity index is 1.50. The molecule has 2 aliphatic rings. The number of hydrogen-bond acceptors (Lipinski definition) is 4. The first-order chi connectivity index (χ1) is 13.5. The number of thioether (sulfide) groups is 1. The maximum absolute atomic E-state index is 14.3. The van der Waals surface area contributed by atoms with E-state index in [-0.39, 0.29) is 23.0 Å². The van der Waals surface area contributed by atoms with Gasteiger partial charge in [0.1, 0.15) is 5.82 Å². The van der Waals surface area contributed by atoms with Crippen LogP contribution in [0.5, 0.6) is 0 Å². The van der Waals surface area contributed by atoms with Crippen LogP contribution in [0.15, 0.2) is 29.4 Å².